The lowest BCUT2D eigenvalue weighted by atomic mass is 10.0. The van der Waals surface area contributed by atoms with Crippen molar-refractivity contribution in [1.29, 1.82) is 0 Å². The third-order valence-electron chi connectivity index (χ3n) is 6.93. The summed E-state index contributed by atoms with van der Waals surface area (Å²) >= 11 is 1.45. The molecule has 0 bridgehead atoms. The summed E-state index contributed by atoms with van der Waals surface area (Å²) in [5.41, 5.74) is 11.8. The SMILES string of the molecule is Cc1ccccc1C(=O)N1CCc2cc(-c3nc(NC(=O)Cc4cccc(OCCOCCN)c4)sc3C)ccc21. The number of aromatic nitrogens is 1. The molecular weight excluding hydrogens is 536 g/mol. The second kappa shape index (κ2) is 13.1. The van der Waals surface area contributed by atoms with E-state index in [-0.39, 0.29) is 18.2 Å². The second-order valence-corrected chi connectivity index (χ2v) is 11.1. The first-order valence-corrected chi connectivity index (χ1v) is 14.5. The predicted molar refractivity (Wildman–Crippen MR) is 163 cm³/mol. The van der Waals surface area contributed by atoms with Crippen LogP contribution in [-0.4, -0.2) is 49.7 Å². The summed E-state index contributed by atoms with van der Waals surface area (Å²) in [5.74, 6) is 0.570. The minimum absolute atomic E-state index is 0.0260. The van der Waals surface area contributed by atoms with E-state index in [0.29, 0.717) is 43.8 Å². The van der Waals surface area contributed by atoms with Gasteiger partial charge in [-0.05, 0) is 67.3 Å². The van der Waals surface area contributed by atoms with Crippen molar-refractivity contribution in [2.75, 3.05) is 43.1 Å². The molecule has 41 heavy (non-hydrogen) atoms. The first kappa shape index (κ1) is 28.5. The van der Waals surface area contributed by atoms with Gasteiger partial charge in [0.05, 0.1) is 25.3 Å². The normalized spacial score (nSPS) is 12.3. The Morgan fingerprint density at radius 1 is 1.02 bits per heavy atom. The number of thiazole rings is 1. The number of rotatable bonds is 11. The van der Waals surface area contributed by atoms with Crippen LogP contribution in [0.25, 0.3) is 11.3 Å². The van der Waals surface area contributed by atoms with Crippen LogP contribution in [0.4, 0.5) is 10.8 Å². The van der Waals surface area contributed by atoms with Crippen molar-refractivity contribution in [2.45, 2.75) is 26.7 Å². The zero-order valence-corrected chi connectivity index (χ0v) is 24.1. The number of fused-ring (bicyclic) bond motifs is 1. The van der Waals surface area contributed by atoms with Gasteiger partial charge in [0.1, 0.15) is 12.4 Å². The highest BCUT2D eigenvalue weighted by atomic mass is 32.1. The van der Waals surface area contributed by atoms with Gasteiger partial charge >= 0.3 is 0 Å². The molecule has 1 aliphatic heterocycles. The third kappa shape index (κ3) is 6.82. The lowest BCUT2D eigenvalue weighted by Gasteiger charge is -2.18. The molecule has 0 saturated heterocycles. The van der Waals surface area contributed by atoms with Crippen LogP contribution in [0, 0.1) is 13.8 Å². The molecule has 2 heterocycles. The number of nitrogens with one attached hydrogen (secondary N) is 1. The first-order valence-electron chi connectivity index (χ1n) is 13.7. The van der Waals surface area contributed by atoms with Crippen LogP contribution in [0.5, 0.6) is 5.75 Å². The fourth-order valence-corrected chi connectivity index (χ4v) is 5.79. The molecule has 2 amide bonds. The summed E-state index contributed by atoms with van der Waals surface area (Å²) in [5, 5.41) is 3.51. The van der Waals surface area contributed by atoms with Crippen LogP contribution in [0.15, 0.2) is 66.7 Å². The van der Waals surface area contributed by atoms with E-state index < -0.39 is 0 Å². The molecule has 0 saturated carbocycles. The number of anilines is 2. The van der Waals surface area contributed by atoms with Crippen molar-refractivity contribution >= 4 is 34.0 Å². The zero-order valence-electron chi connectivity index (χ0n) is 23.3. The fourth-order valence-electron chi connectivity index (χ4n) is 4.93. The molecule has 0 radical (unpaired) electrons. The van der Waals surface area contributed by atoms with Gasteiger partial charge in [0.25, 0.3) is 5.91 Å². The number of ether oxygens (including phenoxy) is 2. The van der Waals surface area contributed by atoms with Gasteiger partial charge in [0.2, 0.25) is 5.91 Å². The number of aryl methyl sites for hydroxylation is 2. The van der Waals surface area contributed by atoms with Crippen LogP contribution in [0.3, 0.4) is 0 Å². The molecule has 1 aliphatic rings. The van der Waals surface area contributed by atoms with Gasteiger partial charge in [-0.15, -0.1) is 11.3 Å². The maximum atomic E-state index is 13.2. The second-order valence-electron chi connectivity index (χ2n) is 9.91. The third-order valence-corrected chi connectivity index (χ3v) is 7.82. The molecule has 3 aromatic carbocycles. The Morgan fingerprint density at radius 3 is 2.71 bits per heavy atom. The quantitative estimate of drug-likeness (QED) is 0.241. The Balaban J connectivity index is 1.22. The molecule has 0 aliphatic carbocycles. The van der Waals surface area contributed by atoms with Crippen molar-refractivity contribution in [3.05, 3.63) is 93.9 Å². The van der Waals surface area contributed by atoms with Gasteiger partial charge in [-0.2, -0.15) is 0 Å². The summed E-state index contributed by atoms with van der Waals surface area (Å²) in [6, 6.07) is 21.3. The Hall–Kier alpha value is -4.05. The number of carbonyl (C=O) groups excluding carboxylic acids is 2. The Kier molecular flexibility index (Phi) is 9.08. The van der Waals surface area contributed by atoms with E-state index in [1.165, 1.54) is 11.3 Å². The molecule has 8 nitrogen and oxygen atoms in total. The van der Waals surface area contributed by atoms with Crippen molar-refractivity contribution in [1.82, 2.24) is 4.98 Å². The average Bonchev–Trinajstić information content (AvgIpc) is 3.55. The summed E-state index contributed by atoms with van der Waals surface area (Å²) in [4.78, 5) is 33.7. The molecule has 5 rings (SSSR count). The minimum Gasteiger partial charge on any atom is -0.491 e. The summed E-state index contributed by atoms with van der Waals surface area (Å²) in [6.07, 6.45) is 0.996. The summed E-state index contributed by atoms with van der Waals surface area (Å²) in [6.45, 7) is 6.47. The summed E-state index contributed by atoms with van der Waals surface area (Å²) < 4.78 is 11.0. The van der Waals surface area contributed by atoms with E-state index in [4.69, 9.17) is 20.2 Å². The molecule has 4 aromatic rings. The van der Waals surface area contributed by atoms with Gasteiger partial charge in [-0.25, -0.2) is 4.98 Å². The molecule has 0 atom stereocenters. The number of benzene rings is 3. The number of hydrogen-bond donors (Lipinski definition) is 2. The van der Waals surface area contributed by atoms with Gasteiger partial charge in [0.15, 0.2) is 5.13 Å². The topological polar surface area (TPSA) is 107 Å². The highest BCUT2D eigenvalue weighted by molar-refractivity contribution is 7.16. The highest BCUT2D eigenvalue weighted by Crippen LogP contribution is 2.36. The van der Waals surface area contributed by atoms with Crippen LogP contribution in [0.2, 0.25) is 0 Å². The number of amides is 2. The lowest BCUT2D eigenvalue weighted by Crippen LogP contribution is -2.29. The van der Waals surface area contributed by atoms with Crippen molar-refractivity contribution < 1.29 is 19.1 Å². The van der Waals surface area contributed by atoms with Crippen LogP contribution in [-0.2, 0) is 22.4 Å². The monoisotopic (exact) mass is 570 g/mol. The number of nitrogens with two attached hydrogens (primary N) is 1. The highest BCUT2D eigenvalue weighted by Gasteiger charge is 2.27. The number of hydrogen-bond acceptors (Lipinski definition) is 7. The Bertz CT molecular complexity index is 1550. The number of nitrogens with zero attached hydrogens (tertiary/aromatic N) is 2. The van der Waals surface area contributed by atoms with Gasteiger partial charge in [-0.3, -0.25) is 9.59 Å². The van der Waals surface area contributed by atoms with Crippen molar-refractivity contribution in [3.8, 4) is 17.0 Å². The van der Waals surface area contributed by atoms with E-state index in [1.807, 2.05) is 79.4 Å². The molecule has 0 fully saturated rings. The van der Waals surface area contributed by atoms with E-state index in [1.54, 1.807) is 0 Å². The largest absolute Gasteiger partial charge is 0.491 e. The lowest BCUT2D eigenvalue weighted by molar-refractivity contribution is -0.115. The first-order chi connectivity index (χ1) is 19.9. The number of carbonyl (C=O) groups is 2. The Morgan fingerprint density at radius 2 is 1.88 bits per heavy atom. The van der Waals surface area contributed by atoms with Crippen LogP contribution >= 0.6 is 11.3 Å². The standard InChI is InChI=1S/C32H34N4O4S/c1-21-6-3-4-9-27(21)31(38)36-14-12-24-20-25(10-11-28(24)36)30-22(2)41-32(35-30)34-29(37)19-23-7-5-8-26(18-23)40-17-16-39-15-13-33/h3-11,18,20H,12-17,19,33H2,1-2H3,(H,34,35,37). The van der Waals surface area contributed by atoms with Gasteiger partial charge in [-0.1, -0.05) is 36.4 Å². The smallest absolute Gasteiger partial charge is 0.258 e. The fraction of sp³-hybridized carbons (Fsp3) is 0.281. The van der Waals surface area contributed by atoms with Gasteiger partial charge in [0, 0.05) is 34.8 Å². The molecular formula is C32H34N4O4S. The van der Waals surface area contributed by atoms with E-state index in [0.717, 1.165) is 50.5 Å². The van der Waals surface area contributed by atoms with E-state index in [9.17, 15) is 9.59 Å². The molecule has 9 heteroatoms. The van der Waals surface area contributed by atoms with Crippen molar-refractivity contribution in [3.63, 3.8) is 0 Å². The van der Waals surface area contributed by atoms with E-state index in [2.05, 4.69) is 11.4 Å². The maximum Gasteiger partial charge on any atom is 0.258 e. The molecule has 212 valence electrons. The summed E-state index contributed by atoms with van der Waals surface area (Å²) in [7, 11) is 0. The van der Waals surface area contributed by atoms with Crippen LogP contribution < -0.4 is 20.7 Å². The predicted octanol–water partition coefficient (Wildman–Crippen LogP) is 5.17. The van der Waals surface area contributed by atoms with Crippen molar-refractivity contribution in [2.24, 2.45) is 5.73 Å². The van der Waals surface area contributed by atoms with Gasteiger partial charge < -0.3 is 25.4 Å². The van der Waals surface area contributed by atoms with Crippen LogP contribution in [0.1, 0.15) is 31.9 Å². The maximum absolute atomic E-state index is 13.2. The molecule has 0 unspecified atom stereocenters. The molecule has 3 N–H and O–H groups in total. The Labute approximate surface area is 244 Å². The van der Waals surface area contributed by atoms with E-state index >= 15 is 0 Å². The zero-order chi connectivity index (χ0) is 28.8. The average molecular weight is 571 g/mol. The molecule has 0 spiro atoms. The minimum atomic E-state index is -0.145. The molecule has 1 aromatic heterocycles.